The first-order valence-corrected chi connectivity index (χ1v) is 5.39. The lowest BCUT2D eigenvalue weighted by molar-refractivity contribution is 0.0660. The Hall–Kier alpha value is -2.43. The lowest BCUT2D eigenvalue weighted by atomic mass is 10.3. The van der Waals surface area contributed by atoms with Gasteiger partial charge in [-0.3, -0.25) is 0 Å². The topological polar surface area (TPSA) is 71.7 Å². The van der Waals surface area contributed by atoms with E-state index in [0.717, 1.165) is 11.4 Å². The molecule has 1 aromatic carbocycles. The predicted molar refractivity (Wildman–Crippen MR) is 66.0 cm³/mol. The lowest BCUT2D eigenvalue weighted by Crippen LogP contribution is -1.98. The predicted octanol–water partition coefficient (Wildman–Crippen LogP) is 2.60. The Morgan fingerprint density at radius 1 is 1.28 bits per heavy atom. The van der Waals surface area contributed by atoms with Crippen molar-refractivity contribution < 1.29 is 19.1 Å². The Bertz CT molecular complexity index is 530. The fraction of sp³-hybridized carbons (Fsp3) is 0.154. The summed E-state index contributed by atoms with van der Waals surface area (Å²) >= 11 is 0. The van der Waals surface area contributed by atoms with Crippen LogP contribution in [0.25, 0.3) is 0 Å². The molecule has 0 fully saturated rings. The average molecular weight is 247 g/mol. The smallest absolute Gasteiger partial charge is 0.371 e. The minimum absolute atomic E-state index is 0.0541. The molecule has 0 spiro atoms. The highest BCUT2D eigenvalue weighted by Crippen LogP contribution is 2.16. The molecule has 0 amide bonds. The lowest BCUT2D eigenvalue weighted by Gasteiger charge is -2.05. The standard InChI is InChI=1S/C13H13NO4/c1-17-10-4-2-9(3-5-10)14-8-11-6-7-12(18-11)13(15)16/h2-7,14H,8H2,1H3,(H,15,16). The highest BCUT2D eigenvalue weighted by atomic mass is 16.5. The van der Waals surface area contributed by atoms with Crippen LogP contribution in [-0.4, -0.2) is 18.2 Å². The number of aromatic carboxylic acids is 1. The van der Waals surface area contributed by atoms with Gasteiger partial charge in [-0.15, -0.1) is 0 Å². The van der Waals surface area contributed by atoms with E-state index >= 15 is 0 Å². The van der Waals surface area contributed by atoms with Crippen LogP contribution < -0.4 is 10.1 Å². The molecule has 0 aliphatic rings. The molecule has 2 aromatic rings. The van der Waals surface area contributed by atoms with Gasteiger partial charge >= 0.3 is 5.97 Å². The van der Waals surface area contributed by atoms with E-state index in [4.69, 9.17) is 14.3 Å². The zero-order valence-electron chi connectivity index (χ0n) is 9.84. The molecule has 0 saturated carbocycles. The van der Waals surface area contributed by atoms with E-state index < -0.39 is 5.97 Å². The van der Waals surface area contributed by atoms with Gasteiger partial charge in [0.2, 0.25) is 5.76 Å². The molecule has 0 aliphatic heterocycles. The maximum Gasteiger partial charge on any atom is 0.371 e. The molecule has 2 N–H and O–H groups in total. The van der Waals surface area contributed by atoms with Gasteiger partial charge in [-0.25, -0.2) is 4.79 Å². The monoisotopic (exact) mass is 247 g/mol. The molecule has 0 atom stereocenters. The normalized spacial score (nSPS) is 10.1. The summed E-state index contributed by atoms with van der Waals surface area (Å²) in [5.41, 5.74) is 0.907. The molecule has 94 valence electrons. The Morgan fingerprint density at radius 2 is 2.00 bits per heavy atom. The molecule has 0 bridgehead atoms. The van der Waals surface area contributed by atoms with Crippen molar-refractivity contribution in [1.82, 2.24) is 0 Å². The number of carboxylic acids is 1. The van der Waals surface area contributed by atoms with Gasteiger partial charge in [0.1, 0.15) is 11.5 Å². The molecule has 0 saturated heterocycles. The van der Waals surface area contributed by atoms with Gasteiger partial charge in [0.15, 0.2) is 0 Å². The largest absolute Gasteiger partial charge is 0.497 e. The molecule has 5 nitrogen and oxygen atoms in total. The van der Waals surface area contributed by atoms with Crippen LogP contribution >= 0.6 is 0 Å². The summed E-state index contributed by atoms with van der Waals surface area (Å²) in [7, 11) is 1.61. The van der Waals surface area contributed by atoms with Gasteiger partial charge in [0, 0.05) is 5.69 Å². The maximum atomic E-state index is 10.6. The number of benzene rings is 1. The van der Waals surface area contributed by atoms with Crippen molar-refractivity contribution in [2.45, 2.75) is 6.54 Å². The van der Waals surface area contributed by atoms with Crippen molar-refractivity contribution in [3.05, 3.63) is 47.9 Å². The van der Waals surface area contributed by atoms with Crippen LogP contribution in [0.4, 0.5) is 5.69 Å². The first-order chi connectivity index (χ1) is 8.69. The molecular weight excluding hydrogens is 234 g/mol. The van der Waals surface area contributed by atoms with Gasteiger partial charge < -0.3 is 19.6 Å². The highest BCUT2D eigenvalue weighted by molar-refractivity contribution is 5.84. The van der Waals surface area contributed by atoms with Crippen molar-refractivity contribution in [2.24, 2.45) is 0 Å². The fourth-order valence-electron chi connectivity index (χ4n) is 1.49. The Morgan fingerprint density at radius 3 is 2.56 bits per heavy atom. The van der Waals surface area contributed by atoms with Crippen molar-refractivity contribution in [3.8, 4) is 5.75 Å². The van der Waals surface area contributed by atoms with Crippen molar-refractivity contribution >= 4 is 11.7 Å². The van der Waals surface area contributed by atoms with E-state index in [1.165, 1.54) is 6.07 Å². The third kappa shape index (κ3) is 2.82. The number of ether oxygens (including phenoxy) is 1. The van der Waals surface area contributed by atoms with Gasteiger partial charge in [-0.05, 0) is 36.4 Å². The van der Waals surface area contributed by atoms with Crippen LogP contribution in [0.3, 0.4) is 0 Å². The summed E-state index contributed by atoms with van der Waals surface area (Å²) in [5.74, 6) is 0.238. The summed E-state index contributed by atoms with van der Waals surface area (Å²) < 4.78 is 10.2. The van der Waals surface area contributed by atoms with Gasteiger partial charge in [-0.2, -0.15) is 0 Å². The van der Waals surface area contributed by atoms with Gasteiger partial charge in [0.05, 0.1) is 13.7 Å². The molecule has 0 unspecified atom stereocenters. The number of furan rings is 1. The third-order valence-electron chi connectivity index (χ3n) is 2.43. The summed E-state index contributed by atoms with van der Waals surface area (Å²) in [6.07, 6.45) is 0. The zero-order chi connectivity index (χ0) is 13.0. The SMILES string of the molecule is COc1ccc(NCc2ccc(C(=O)O)o2)cc1. The summed E-state index contributed by atoms with van der Waals surface area (Å²) in [6, 6.07) is 10.5. The van der Waals surface area contributed by atoms with E-state index in [1.54, 1.807) is 13.2 Å². The first-order valence-electron chi connectivity index (χ1n) is 5.39. The van der Waals surface area contributed by atoms with E-state index in [0.29, 0.717) is 12.3 Å². The number of anilines is 1. The minimum Gasteiger partial charge on any atom is -0.497 e. The van der Waals surface area contributed by atoms with Crippen LogP contribution in [0, 0.1) is 0 Å². The number of rotatable bonds is 5. The molecular formula is C13H13NO4. The van der Waals surface area contributed by atoms with Crippen LogP contribution in [-0.2, 0) is 6.54 Å². The minimum atomic E-state index is -1.06. The summed E-state index contributed by atoms with van der Waals surface area (Å²) in [4.78, 5) is 10.6. The van der Waals surface area contributed by atoms with Crippen LogP contribution in [0.5, 0.6) is 5.75 Å². The number of nitrogens with one attached hydrogen (secondary N) is 1. The van der Waals surface area contributed by atoms with Gasteiger partial charge in [-0.1, -0.05) is 0 Å². The van der Waals surface area contributed by atoms with Crippen LogP contribution in [0.2, 0.25) is 0 Å². The second-order valence-corrected chi connectivity index (χ2v) is 3.65. The van der Waals surface area contributed by atoms with E-state index in [1.807, 2.05) is 24.3 Å². The third-order valence-corrected chi connectivity index (χ3v) is 2.43. The zero-order valence-corrected chi connectivity index (χ0v) is 9.84. The van der Waals surface area contributed by atoms with Crippen LogP contribution in [0.15, 0.2) is 40.8 Å². The van der Waals surface area contributed by atoms with E-state index in [9.17, 15) is 4.79 Å². The first kappa shape index (κ1) is 12.0. The molecule has 0 aliphatic carbocycles. The van der Waals surface area contributed by atoms with E-state index in [-0.39, 0.29) is 5.76 Å². The van der Waals surface area contributed by atoms with Crippen LogP contribution in [0.1, 0.15) is 16.3 Å². The molecule has 0 radical (unpaired) electrons. The Kier molecular flexibility index (Phi) is 3.52. The fourth-order valence-corrected chi connectivity index (χ4v) is 1.49. The summed E-state index contributed by atoms with van der Waals surface area (Å²) in [6.45, 7) is 0.430. The molecule has 1 aromatic heterocycles. The molecule has 18 heavy (non-hydrogen) atoms. The van der Waals surface area contributed by atoms with Gasteiger partial charge in [0.25, 0.3) is 0 Å². The number of hydrogen-bond acceptors (Lipinski definition) is 4. The van der Waals surface area contributed by atoms with Crippen molar-refractivity contribution in [1.29, 1.82) is 0 Å². The van der Waals surface area contributed by atoms with Crippen molar-refractivity contribution in [2.75, 3.05) is 12.4 Å². The Labute approximate surface area is 104 Å². The maximum absolute atomic E-state index is 10.6. The number of hydrogen-bond donors (Lipinski definition) is 2. The van der Waals surface area contributed by atoms with Crippen molar-refractivity contribution in [3.63, 3.8) is 0 Å². The highest BCUT2D eigenvalue weighted by Gasteiger charge is 2.08. The number of methoxy groups -OCH3 is 1. The van der Waals surface area contributed by atoms with E-state index in [2.05, 4.69) is 5.32 Å². The number of carbonyl (C=O) groups is 1. The number of carboxylic acid groups (broad SMARTS) is 1. The quantitative estimate of drug-likeness (QED) is 0.849. The second kappa shape index (κ2) is 5.27. The average Bonchev–Trinajstić information content (AvgIpc) is 2.86. The Balaban J connectivity index is 1.95. The molecule has 2 rings (SSSR count). The molecule has 5 heteroatoms. The molecule has 1 heterocycles. The summed E-state index contributed by atoms with van der Waals surface area (Å²) in [5, 5.41) is 11.8. The second-order valence-electron chi connectivity index (χ2n) is 3.65.